The topological polar surface area (TPSA) is 55.1 Å². The van der Waals surface area contributed by atoms with Crippen LogP contribution in [-0.4, -0.2) is 18.0 Å². The molecule has 0 aliphatic heterocycles. The van der Waals surface area contributed by atoms with Gasteiger partial charge in [-0.25, -0.2) is 0 Å². The highest BCUT2D eigenvalue weighted by Gasteiger charge is 2.36. The van der Waals surface area contributed by atoms with Gasteiger partial charge < -0.3 is 11.1 Å². The van der Waals surface area contributed by atoms with Crippen molar-refractivity contribution in [3.05, 3.63) is 0 Å². The number of nitrogens with two attached hydrogens (primary N) is 1. The van der Waals surface area contributed by atoms with E-state index in [0.29, 0.717) is 6.04 Å². The van der Waals surface area contributed by atoms with Gasteiger partial charge in [0.2, 0.25) is 5.91 Å². The van der Waals surface area contributed by atoms with E-state index in [1.54, 1.807) is 0 Å². The molecule has 1 unspecified atom stereocenters. The fourth-order valence-corrected chi connectivity index (χ4v) is 1.31. The number of amides is 1. The Kier molecular flexibility index (Phi) is 2.49. The number of carbonyl (C=O) groups is 1. The van der Waals surface area contributed by atoms with Gasteiger partial charge >= 0.3 is 0 Å². The van der Waals surface area contributed by atoms with Crippen molar-refractivity contribution < 1.29 is 4.79 Å². The van der Waals surface area contributed by atoms with Crippen LogP contribution in [0.25, 0.3) is 0 Å². The Hall–Kier alpha value is -0.570. The standard InChI is InChI=1S/C8H16N2O/c1-3-6-4-7(6)10-5(2)8(9)11/h5-7,10H,3-4H2,1-2H3,(H2,9,11)/t5?,6-,7-/m1/s1. The van der Waals surface area contributed by atoms with Gasteiger partial charge in [0.15, 0.2) is 0 Å². The first-order chi connectivity index (χ1) is 5.15. The maximum absolute atomic E-state index is 10.6. The summed E-state index contributed by atoms with van der Waals surface area (Å²) in [6.07, 6.45) is 2.40. The molecule has 1 rings (SSSR count). The van der Waals surface area contributed by atoms with Crippen LogP contribution in [0, 0.1) is 5.92 Å². The van der Waals surface area contributed by atoms with Gasteiger partial charge in [0, 0.05) is 6.04 Å². The molecule has 1 amide bonds. The first-order valence-electron chi connectivity index (χ1n) is 4.20. The Morgan fingerprint density at radius 1 is 1.82 bits per heavy atom. The second-order valence-corrected chi connectivity index (χ2v) is 3.30. The molecule has 0 radical (unpaired) electrons. The quantitative estimate of drug-likeness (QED) is 0.613. The first kappa shape index (κ1) is 8.53. The average Bonchev–Trinajstić information content (AvgIpc) is 2.67. The molecule has 0 heterocycles. The second-order valence-electron chi connectivity index (χ2n) is 3.30. The number of hydrogen-bond acceptors (Lipinski definition) is 2. The molecule has 0 aromatic rings. The zero-order chi connectivity index (χ0) is 8.43. The van der Waals surface area contributed by atoms with Crippen LogP contribution in [0.4, 0.5) is 0 Å². The van der Waals surface area contributed by atoms with Crippen molar-refractivity contribution in [1.29, 1.82) is 0 Å². The van der Waals surface area contributed by atoms with Crippen molar-refractivity contribution in [2.75, 3.05) is 0 Å². The number of nitrogens with one attached hydrogen (secondary N) is 1. The van der Waals surface area contributed by atoms with Gasteiger partial charge in [-0.3, -0.25) is 4.79 Å². The summed E-state index contributed by atoms with van der Waals surface area (Å²) in [6, 6.07) is 0.374. The van der Waals surface area contributed by atoms with Gasteiger partial charge in [0.1, 0.15) is 0 Å². The van der Waals surface area contributed by atoms with Crippen LogP contribution in [-0.2, 0) is 4.79 Å². The zero-order valence-corrected chi connectivity index (χ0v) is 7.13. The lowest BCUT2D eigenvalue weighted by Gasteiger charge is -2.08. The van der Waals surface area contributed by atoms with E-state index in [1.807, 2.05) is 6.92 Å². The number of primary amides is 1. The Morgan fingerprint density at radius 3 is 2.82 bits per heavy atom. The molecule has 1 saturated carbocycles. The minimum Gasteiger partial charge on any atom is -0.368 e. The minimum absolute atomic E-state index is 0.170. The summed E-state index contributed by atoms with van der Waals surface area (Å²) < 4.78 is 0. The SMILES string of the molecule is CC[C@@H]1C[C@H]1NC(C)C(N)=O. The zero-order valence-electron chi connectivity index (χ0n) is 7.13. The summed E-state index contributed by atoms with van der Waals surface area (Å²) in [5.41, 5.74) is 5.10. The summed E-state index contributed by atoms with van der Waals surface area (Å²) in [7, 11) is 0. The molecule has 1 aliphatic rings. The Bertz CT molecular complexity index is 158. The third-order valence-corrected chi connectivity index (χ3v) is 2.34. The second kappa shape index (κ2) is 3.22. The predicted molar refractivity (Wildman–Crippen MR) is 44.0 cm³/mol. The van der Waals surface area contributed by atoms with Crippen LogP contribution in [0.1, 0.15) is 26.7 Å². The third-order valence-electron chi connectivity index (χ3n) is 2.34. The van der Waals surface area contributed by atoms with Crippen molar-refractivity contribution >= 4 is 5.91 Å². The molecule has 1 aliphatic carbocycles. The van der Waals surface area contributed by atoms with Gasteiger partial charge in [0.05, 0.1) is 6.04 Å². The fourth-order valence-electron chi connectivity index (χ4n) is 1.31. The van der Waals surface area contributed by atoms with Gasteiger partial charge in [0.25, 0.3) is 0 Å². The maximum atomic E-state index is 10.6. The van der Waals surface area contributed by atoms with Gasteiger partial charge in [-0.05, 0) is 19.3 Å². The molecule has 0 saturated heterocycles. The molecule has 64 valence electrons. The van der Waals surface area contributed by atoms with Gasteiger partial charge in [-0.2, -0.15) is 0 Å². The normalized spacial score (nSPS) is 31.5. The van der Waals surface area contributed by atoms with E-state index >= 15 is 0 Å². The lowest BCUT2D eigenvalue weighted by Crippen LogP contribution is -2.40. The largest absolute Gasteiger partial charge is 0.368 e. The van der Waals surface area contributed by atoms with Crippen LogP contribution in [0.2, 0.25) is 0 Å². The van der Waals surface area contributed by atoms with Crippen molar-refractivity contribution in [3.63, 3.8) is 0 Å². The van der Waals surface area contributed by atoms with Crippen molar-refractivity contribution in [1.82, 2.24) is 5.32 Å². The Morgan fingerprint density at radius 2 is 2.45 bits per heavy atom. The van der Waals surface area contributed by atoms with E-state index < -0.39 is 0 Å². The van der Waals surface area contributed by atoms with Crippen LogP contribution < -0.4 is 11.1 Å². The smallest absolute Gasteiger partial charge is 0.234 e. The lowest BCUT2D eigenvalue weighted by molar-refractivity contribution is -0.119. The monoisotopic (exact) mass is 156 g/mol. The fraction of sp³-hybridized carbons (Fsp3) is 0.875. The third kappa shape index (κ3) is 2.19. The summed E-state index contributed by atoms with van der Waals surface area (Å²) in [5.74, 6) is 0.517. The predicted octanol–water partition coefficient (Wildman–Crippen LogP) is 0.248. The molecule has 0 aromatic carbocycles. The summed E-state index contributed by atoms with van der Waals surface area (Å²) >= 11 is 0. The highest BCUT2D eigenvalue weighted by Crippen LogP contribution is 2.33. The highest BCUT2D eigenvalue weighted by molar-refractivity contribution is 5.79. The van der Waals surface area contributed by atoms with E-state index in [-0.39, 0.29) is 11.9 Å². The van der Waals surface area contributed by atoms with Crippen LogP contribution in [0.5, 0.6) is 0 Å². The molecule has 11 heavy (non-hydrogen) atoms. The van der Waals surface area contributed by atoms with E-state index in [2.05, 4.69) is 12.2 Å². The summed E-state index contributed by atoms with van der Waals surface area (Å²) in [4.78, 5) is 10.6. The number of rotatable bonds is 4. The van der Waals surface area contributed by atoms with Crippen LogP contribution in [0.15, 0.2) is 0 Å². The lowest BCUT2D eigenvalue weighted by atomic mass is 10.3. The Labute approximate surface area is 67.3 Å². The minimum atomic E-state index is -0.258. The van der Waals surface area contributed by atoms with Gasteiger partial charge in [-0.15, -0.1) is 0 Å². The van der Waals surface area contributed by atoms with E-state index in [9.17, 15) is 4.79 Å². The van der Waals surface area contributed by atoms with Crippen LogP contribution >= 0.6 is 0 Å². The number of hydrogen-bond donors (Lipinski definition) is 2. The maximum Gasteiger partial charge on any atom is 0.234 e. The van der Waals surface area contributed by atoms with Crippen molar-refractivity contribution in [2.24, 2.45) is 11.7 Å². The molecule has 1 fully saturated rings. The molecular formula is C8H16N2O. The van der Waals surface area contributed by atoms with Crippen LogP contribution in [0.3, 0.4) is 0 Å². The summed E-state index contributed by atoms with van der Waals surface area (Å²) in [5, 5.41) is 3.18. The molecule has 0 aromatic heterocycles. The van der Waals surface area contributed by atoms with Gasteiger partial charge in [-0.1, -0.05) is 13.3 Å². The van der Waals surface area contributed by atoms with E-state index in [1.165, 1.54) is 12.8 Å². The molecular weight excluding hydrogens is 140 g/mol. The molecule has 0 bridgehead atoms. The van der Waals surface area contributed by atoms with Crippen molar-refractivity contribution in [3.8, 4) is 0 Å². The molecule has 3 nitrogen and oxygen atoms in total. The molecule has 3 heteroatoms. The summed E-state index contributed by atoms with van der Waals surface area (Å²) in [6.45, 7) is 3.98. The average molecular weight is 156 g/mol. The number of carbonyl (C=O) groups excluding carboxylic acids is 1. The first-order valence-corrected chi connectivity index (χ1v) is 4.20. The van der Waals surface area contributed by atoms with E-state index in [0.717, 1.165) is 5.92 Å². The Balaban J connectivity index is 2.18. The molecule has 0 spiro atoms. The van der Waals surface area contributed by atoms with Crippen molar-refractivity contribution in [2.45, 2.75) is 38.8 Å². The molecule has 3 N–H and O–H groups in total. The van der Waals surface area contributed by atoms with E-state index in [4.69, 9.17) is 5.73 Å². The molecule has 3 atom stereocenters. The highest BCUT2D eigenvalue weighted by atomic mass is 16.1.